The zero-order valence-electron chi connectivity index (χ0n) is 12.7. The van der Waals surface area contributed by atoms with Crippen LogP contribution in [0.4, 0.5) is 4.39 Å². The second-order valence-electron chi connectivity index (χ2n) is 6.11. The third-order valence-corrected chi connectivity index (χ3v) is 3.44. The summed E-state index contributed by atoms with van der Waals surface area (Å²) in [6.45, 7) is 4.22. The average molecular weight is 295 g/mol. The van der Waals surface area contributed by atoms with Gasteiger partial charge in [0.2, 0.25) is 0 Å². The van der Waals surface area contributed by atoms with Gasteiger partial charge in [-0.05, 0) is 44.4 Å². The summed E-state index contributed by atoms with van der Waals surface area (Å²) in [6, 6.07) is 5.18. The van der Waals surface area contributed by atoms with Gasteiger partial charge in [0, 0.05) is 18.7 Å². The molecular formula is C16H22FNO3. The highest BCUT2D eigenvalue weighted by Gasteiger charge is 2.29. The van der Waals surface area contributed by atoms with Crippen LogP contribution in [0.1, 0.15) is 32.3 Å². The van der Waals surface area contributed by atoms with Crippen LogP contribution in [-0.2, 0) is 16.1 Å². The minimum atomic E-state index is -0.770. The molecule has 0 spiro atoms. The van der Waals surface area contributed by atoms with Gasteiger partial charge in [-0.15, -0.1) is 0 Å². The van der Waals surface area contributed by atoms with E-state index in [9.17, 15) is 9.18 Å². The van der Waals surface area contributed by atoms with Crippen molar-refractivity contribution in [1.29, 1.82) is 0 Å². The maximum absolute atomic E-state index is 13.6. The molecule has 1 fully saturated rings. The number of carbonyl (C=O) groups is 1. The van der Waals surface area contributed by atoms with Crippen LogP contribution in [0.15, 0.2) is 18.2 Å². The lowest BCUT2D eigenvalue weighted by Crippen LogP contribution is -2.32. The van der Waals surface area contributed by atoms with Crippen molar-refractivity contribution in [2.45, 2.75) is 39.3 Å². The summed E-state index contributed by atoms with van der Waals surface area (Å²) in [7, 11) is 1.34. The zero-order valence-corrected chi connectivity index (χ0v) is 12.7. The summed E-state index contributed by atoms with van der Waals surface area (Å²) < 4.78 is 23.9. The fraction of sp³-hybridized carbons (Fsp3) is 0.562. The molecular weight excluding hydrogens is 273 g/mol. The lowest BCUT2D eigenvalue weighted by Gasteiger charge is -2.21. The van der Waals surface area contributed by atoms with Gasteiger partial charge in [-0.2, -0.15) is 0 Å². The highest BCUT2D eigenvalue weighted by Crippen LogP contribution is 2.23. The van der Waals surface area contributed by atoms with Gasteiger partial charge in [0.05, 0.1) is 12.5 Å². The summed E-state index contributed by atoms with van der Waals surface area (Å²) in [4.78, 5) is 11.6. The second kappa shape index (κ2) is 6.43. The number of carbonyl (C=O) groups excluding carboxylic acids is 1. The highest BCUT2D eigenvalue weighted by molar-refractivity contribution is 5.75. The normalized spacial score (nSPS) is 14.9. The topological polar surface area (TPSA) is 47.6 Å². The van der Waals surface area contributed by atoms with Crippen molar-refractivity contribution in [3.63, 3.8) is 0 Å². The number of methoxy groups -OCH3 is 1. The molecule has 1 aromatic rings. The van der Waals surface area contributed by atoms with E-state index in [4.69, 9.17) is 9.47 Å². The van der Waals surface area contributed by atoms with Gasteiger partial charge in [-0.25, -0.2) is 4.39 Å². The Labute approximate surface area is 124 Å². The van der Waals surface area contributed by atoms with Gasteiger partial charge in [0.1, 0.15) is 18.2 Å². The van der Waals surface area contributed by atoms with Crippen molar-refractivity contribution in [2.75, 3.05) is 13.7 Å². The molecule has 1 saturated carbocycles. The molecule has 1 aliphatic rings. The lowest BCUT2D eigenvalue weighted by molar-refractivity contribution is -0.152. The summed E-state index contributed by atoms with van der Waals surface area (Å²) in [5, 5.41) is 3.33. The molecule has 0 aliphatic heterocycles. The predicted octanol–water partition coefficient (Wildman–Crippen LogP) is 2.66. The molecule has 0 unspecified atom stereocenters. The van der Waals surface area contributed by atoms with Gasteiger partial charge in [-0.1, -0.05) is 0 Å². The number of benzene rings is 1. The fourth-order valence-corrected chi connectivity index (χ4v) is 1.95. The highest BCUT2D eigenvalue weighted by atomic mass is 19.1. The Morgan fingerprint density at radius 1 is 1.38 bits per heavy atom. The number of halogens is 1. The molecule has 0 saturated heterocycles. The van der Waals surface area contributed by atoms with Gasteiger partial charge < -0.3 is 14.8 Å². The van der Waals surface area contributed by atoms with Crippen LogP contribution < -0.4 is 10.1 Å². The number of rotatable bonds is 7. The molecule has 1 aliphatic carbocycles. The Morgan fingerprint density at radius 3 is 2.71 bits per heavy atom. The maximum atomic E-state index is 13.6. The Bertz CT molecular complexity index is 512. The van der Waals surface area contributed by atoms with E-state index in [2.05, 4.69) is 5.32 Å². The molecule has 21 heavy (non-hydrogen) atoms. The number of ether oxygens (including phenoxy) is 2. The zero-order chi connectivity index (χ0) is 15.5. The van der Waals surface area contributed by atoms with Crippen LogP contribution >= 0.6 is 0 Å². The summed E-state index contributed by atoms with van der Waals surface area (Å²) in [5.41, 5.74) is 0.0702. The van der Waals surface area contributed by atoms with Crippen molar-refractivity contribution in [3.05, 3.63) is 29.6 Å². The SMILES string of the molecule is COC(=O)C(C)(C)COc1cc(F)cc(CNC2CC2)c1. The standard InChI is InChI=1S/C16H22FNO3/c1-16(2,15(19)20-3)10-21-14-7-11(6-12(17)8-14)9-18-13-4-5-13/h6-8,13,18H,4-5,9-10H2,1-3H3. The van der Waals surface area contributed by atoms with Gasteiger partial charge in [0.15, 0.2) is 0 Å². The quantitative estimate of drug-likeness (QED) is 0.786. The molecule has 1 N–H and O–H groups in total. The van der Waals surface area contributed by atoms with Gasteiger partial charge >= 0.3 is 5.97 Å². The molecule has 2 rings (SSSR count). The van der Waals surface area contributed by atoms with E-state index in [-0.39, 0.29) is 18.4 Å². The van der Waals surface area contributed by atoms with E-state index in [1.807, 2.05) is 0 Å². The molecule has 4 nitrogen and oxygen atoms in total. The van der Waals surface area contributed by atoms with E-state index < -0.39 is 5.41 Å². The molecule has 0 radical (unpaired) electrons. The molecule has 0 atom stereocenters. The second-order valence-corrected chi connectivity index (χ2v) is 6.11. The summed E-state index contributed by atoms with van der Waals surface area (Å²) in [5.74, 6) is -0.259. The Kier molecular flexibility index (Phi) is 4.83. The Balaban J connectivity index is 1.96. The van der Waals surface area contributed by atoms with Crippen LogP contribution in [0.3, 0.4) is 0 Å². The Morgan fingerprint density at radius 2 is 2.10 bits per heavy atom. The first-order chi connectivity index (χ1) is 9.90. The molecule has 5 heteroatoms. The first-order valence-electron chi connectivity index (χ1n) is 7.15. The third-order valence-electron chi connectivity index (χ3n) is 3.44. The molecule has 0 bridgehead atoms. The first kappa shape index (κ1) is 15.8. The van der Waals surface area contributed by atoms with Gasteiger partial charge in [0.25, 0.3) is 0 Å². The Hall–Kier alpha value is -1.62. The van der Waals surface area contributed by atoms with Crippen LogP contribution in [0.2, 0.25) is 0 Å². The number of esters is 1. The van der Waals surface area contributed by atoms with E-state index in [1.54, 1.807) is 19.9 Å². The molecule has 0 amide bonds. The van der Waals surface area contributed by atoms with Crippen molar-refractivity contribution < 1.29 is 18.7 Å². The minimum absolute atomic E-state index is 0.138. The predicted molar refractivity (Wildman–Crippen MR) is 77.6 cm³/mol. The van der Waals surface area contributed by atoms with Gasteiger partial charge in [-0.3, -0.25) is 4.79 Å². The van der Waals surface area contributed by atoms with E-state index in [0.29, 0.717) is 18.3 Å². The molecule has 1 aromatic carbocycles. The smallest absolute Gasteiger partial charge is 0.314 e. The first-order valence-corrected chi connectivity index (χ1v) is 7.15. The summed E-state index contributed by atoms with van der Waals surface area (Å²) in [6.07, 6.45) is 2.37. The number of hydrogen-bond acceptors (Lipinski definition) is 4. The number of nitrogens with one attached hydrogen (secondary N) is 1. The maximum Gasteiger partial charge on any atom is 0.314 e. The van der Waals surface area contributed by atoms with Crippen molar-refractivity contribution >= 4 is 5.97 Å². The average Bonchev–Trinajstić information content (AvgIpc) is 3.26. The van der Waals surface area contributed by atoms with Crippen molar-refractivity contribution in [1.82, 2.24) is 5.32 Å². The molecule has 0 heterocycles. The van der Waals surface area contributed by atoms with Crippen molar-refractivity contribution in [3.8, 4) is 5.75 Å². The van der Waals surface area contributed by atoms with Crippen LogP contribution in [0, 0.1) is 11.2 Å². The third kappa shape index (κ3) is 4.70. The monoisotopic (exact) mass is 295 g/mol. The minimum Gasteiger partial charge on any atom is -0.492 e. The van der Waals surface area contributed by atoms with Crippen LogP contribution in [0.25, 0.3) is 0 Å². The fourth-order valence-electron chi connectivity index (χ4n) is 1.95. The largest absolute Gasteiger partial charge is 0.492 e. The molecule has 116 valence electrons. The lowest BCUT2D eigenvalue weighted by atomic mass is 9.95. The van der Waals surface area contributed by atoms with E-state index >= 15 is 0 Å². The van der Waals surface area contributed by atoms with Crippen LogP contribution in [-0.4, -0.2) is 25.7 Å². The van der Waals surface area contributed by atoms with E-state index in [0.717, 1.165) is 5.56 Å². The number of hydrogen-bond donors (Lipinski definition) is 1. The van der Waals surface area contributed by atoms with Crippen LogP contribution in [0.5, 0.6) is 5.75 Å². The van der Waals surface area contributed by atoms with Crippen molar-refractivity contribution in [2.24, 2.45) is 5.41 Å². The molecule has 0 aromatic heterocycles. The summed E-state index contributed by atoms with van der Waals surface area (Å²) >= 11 is 0. The van der Waals surface area contributed by atoms with E-state index in [1.165, 1.54) is 32.1 Å².